The summed E-state index contributed by atoms with van der Waals surface area (Å²) in [6, 6.07) is 6.29. The number of hydrogen-bond donors (Lipinski definition) is 1. The summed E-state index contributed by atoms with van der Waals surface area (Å²) in [7, 11) is 1.95. The Balaban J connectivity index is 2.58. The molecule has 0 saturated carbocycles. The summed E-state index contributed by atoms with van der Waals surface area (Å²) in [5, 5.41) is 8.57. The van der Waals surface area contributed by atoms with Crippen LogP contribution in [-0.2, 0) is 0 Å². The molecule has 0 fully saturated rings. The molecular formula is C14H16BrClIN3. The van der Waals surface area contributed by atoms with E-state index < -0.39 is 0 Å². The highest BCUT2D eigenvalue weighted by atomic mass is 127. The first-order chi connectivity index (χ1) is 9.45. The Hall–Kier alpha value is -0.110. The molecule has 0 saturated heterocycles. The van der Waals surface area contributed by atoms with Gasteiger partial charge in [0, 0.05) is 14.6 Å². The topological polar surface area (TPSA) is 29.9 Å². The molecule has 1 N–H and O–H groups in total. The Kier molecular flexibility index (Phi) is 5.50. The predicted molar refractivity (Wildman–Crippen MR) is 95.4 cm³/mol. The van der Waals surface area contributed by atoms with E-state index in [9.17, 15) is 0 Å². The van der Waals surface area contributed by atoms with Crippen LogP contribution in [0, 0.1) is 3.57 Å². The lowest BCUT2D eigenvalue weighted by molar-refractivity contribution is 0.482. The third-order valence-electron chi connectivity index (χ3n) is 3.11. The molecule has 0 amide bonds. The summed E-state index contributed by atoms with van der Waals surface area (Å²) >= 11 is 12.1. The number of benzene rings is 1. The van der Waals surface area contributed by atoms with Gasteiger partial charge < -0.3 is 5.32 Å². The van der Waals surface area contributed by atoms with Crippen LogP contribution in [0.2, 0.25) is 5.02 Å². The summed E-state index contributed by atoms with van der Waals surface area (Å²) in [4.78, 5) is 0. The normalized spacial score (nSPS) is 12.9. The van der Waals surface area contributed by atoms with E-state index in [4.69, 9.17) is 11.6 Å². The second-order valence-electron chi connectivity index (χ2n) is 4.80. The van der Waals surface area contributed by atoms with Gasteiger partial charge in [-0.2, -0.15) is 5.10 Å². The Labute approximate surface area is 146 Å². The van der Waals surface area contributed by atoms with Gasteiger partial charge in [-0.05, 0) is 83.2 Å². The standard InChI is InChI=1S/C14H16BrClIN3/c1-8(2)20-14(11(15)7-19-20)13(18-3)10-6-9(16)4-5-12(10)17/h4-8,13,18H,1-3H3. The molecule has 108 valence electrons. The SMILES string of the molecule is CNC(c1cc(Cl)ccc1I)c1c(Br)cnn1C(C)C. The second kappa shape index (κ2) is 6.77. The zero-order valence-electron chi connectivity index (χ0n) is 11.5. The average molecular weight is 469 g/mol. The molecule has 0 aliphatic rings. The van der Waals surface area contributed by atoms with Crippen molar-refractivity contribution in [3.05, 3.63) is 48.7 Å². The third kappa shape index (κ3) is 3.21. The van der Waals surface area contributed by atoms with E-state index in [1.165, 1.54) is 3.57 Å². The van der Waals surface area contributed by atoms with E-state index in [0.717, 1.165) is 20.8 Å². The molecule has 1 aromatic heterocycles. The highest BCUT2D eigenvalue weighted by Gasteiger charge is 2.23. The van der Waals surface area contributed by atoms with Crippen molar-refractivity contribution in [3.63, 3.8) is 0 Å². The molecule has 3 nitrogen and oxygen atoms in total. The van der Waals surface area contributed by atoms with Gasteiger partial charge >= 0.3 is 0 Å². The van der Waals surface area contributed by atoms with Crippen LogP contribution in [-0.4, -0.2) is 16.8 Å². The van der Waals surface area contributed by atoms with Crippen molar-refractivity contribution in [2.24, 2.45) is 0 Å². The van der Waals surface area contributed by atoms with E-state index in [2.05, 4.69) is 62.8 Å². The Bertz CT molecular complexity index is 612. The maximum Gasteiger partial charge on any atom is 0.0768 e. The van der Waals surface area contributed by atoms with Crippen molar-refractivity contribution in [3.8, 4) is 0 Å². The molecule has 2 aromatic rings. The summed E-state index contributed by atoms with van der Waals surface area (Å²) < 4.78 is 4.21. The van der Waals surface area contributed by atoms with Crippen LogP contribution in [0.5, 0.6) is 0 Å². The molecule has 0 radical (unpaired) electrons. The fourth-order valence-corrected chi connectivity index (χ4v) is 3.54. The lowest BCUT2D eigenvalue weighted by Crippen LogP contribution is -2.23. The number of nitrogens with one attached hydrogen (secondary N) is 1. The number of halogens is 3. The second-order valence-corrected chi connectivity index (χ2v) is 7.26. The van der Waals surface area contributed by atoms with Gasteiger partial charge in [0.05, 0.1) is 22.4 Å². The van der Waals surface area contributed by atoms with Crippen molar-refractivity contribution >= 4 is 50.1 Å². The van der Waals surface area contributed by atoms with Gasteiger partial charge in [-0.15, -0.1) is 0 Å². The third-order valence-corrected chi connectivity index (χ3v) is 4.94. The van der Waals surface area contributed by atoms with Gasteiger partial charge in [0.1, 0.15) is 0 Å². The molecule has 1 heterocycles. The first kappa shape index (κ1) is 16.3. The average Bonchev–Trinajstić information content (AvgIpc) is 2.77. The van der Waals surface area contributed by atoms with Crippen LogP contribution >= 0.6 is 50.1 Å². The lowest BCUT2D eigenvalue weighted by atomic mass is 10.0. The minimum atomic E-state index is 0.0416. The van der Waals surface area contributed by atoms with Crippen molar-refractivity contribution in [2.45, 2.75) is 25.9 Å². The number of nitrogens with zero attached hydrogens (tertiary/aromatic N) is 2. The molecule has 2 rings (SSSR count). The molecule has 0 spiro atoms. The summed E-state index contributed by atoms with van der Waals surface area (Å²) in [6.45, 7) is 4.25. The Morgan fingerprint density at radius 2 is 2.10 bits per heavy atom. The van der Waals surface area contributed by atoms with Gasteiger partial charge in [-0.3, -0.25) is 4.68 Å². The molecule has 6 heteroatoms. The Morgan fingerprint density at radius 3 is 2.70 bits per heavy atom. The molecule has 0 aliphatic heterocycles. The zero-order chi connectivity index (χ0) is 14.9. The van der Waals surface area contributed by atoms with Gasteiger partial charge in [-0.1, -0.05) is 11.6 Å². The van der Waals surface area contributed by atoms with Crippen LogP contribution in [0.1, 0.15) is 37.2 Å². The van der Waals surface area contributed by atoms with E-state index in [1.807, 2.05) is 36.1 Å². The minimum Gasteiger partial charge on any atom is -0.308 e. The number of aromatic nitrogens is 2. The fraction of sp³-hybridized carbons (Fsp3) is 0.357. The molecule has 1 aromatic carbocycles. The number of hydrogen-bond acceptors (Lipinski definition) is 2. The molecule has 0 bridgehead atoms. The largest absolute Gasteiger partial charge is 0.308 e. The van der Waals surface area contributed by atoms with Gasteiger partial charge in [0.25, 0.3) is 0 Å². The van der Waals surface area contributed by atoms with E-state index in [-0.39, 0.29) is 6.04 Å². The molecule has 1 unspecified atom stereocenters. The highest BCUT2D eigenvalue weighted by Crippen LogP contribution is 2.33. The minimum absolute atomic E-state index is 0.0416. The maximum atomic E-state index is 6.16. The van der Waals surface area contributed by atoms with E-state index in [1.54, 1.807) is 0 Å². The van der Waals surface area contributed by atoms with Crippen molar-refractivity contribution < 1.29 is 0 Å². The molecular weight excluding hydrogens is 452 g/mol. The smallest absolute Gasteiger partial charge is 0.0768 e. The molecule has 20 heavy (non-hydrogen) atoms. The van der Waals surface area contributed by atoms with Gasteiger partial charge in [-0.25, -0.2) is 0 Å². The van der Waals surface area contributed by atoms with Crippen LogP contribution in [0.15, 0.2) is 28.9 Å². The first-order valence-electron chi connectivity index (χ1n) is 6.30. The van der Waals surface area contributed by atoms with Crippen molar-refractivity contribution in [2.75, 3.05) is 7.05 Å². The summed E-state index contributed by atoms with van der Waals surface area (Å²) in [5.41, 5.74) is 2.27. The van der Waals surface area contributed by atoms with Crippen LogP contribution in [0.4, 0.5) is 0 Å². The van der Waals surface area contributed by atoms with E-state index in [0.29, 0.717) is 6.04 Å². The van der Waals surface area contributed by atoms with Crippen molar-refractivity contribution in [1.29, 1.82) is 0 Å². The quantitative estimate of drug-likeness (QED) is 0.654. The lowest BCUT2D eigenvalue weighted by Gasteiger charge is -2.22. The van der Waals surface area contributed by atoms with Gasteiger partial charge in [0.2, 0.25) is 0 Å². The van der Waals surface area contributed by atoms with Crippen LogP contribution in [0.25, 0.3) is 0 Å². The maximum absolute atomic E-state index is 6.16. The molecule has 0 aliphatic carbocycles. The highest BCUT2D eigenvalue weighted by molar-refractivity contribution is 14.1. The van der Waals surface area contributed by atoms with Gasteiger partial charge in [0.15, 0.2) is 0 Å². The number of rotatable bonds is 4. The van der Waals surface area contributed by atoms with Crippen LogP contribution in [0.3, 0.4) is 0 Å². The van der Waals surface area contributed by atoms with Crippen LogP contribution < -0.4 is 5.32 Å². The monoisotopic (exact) mass is 467 g/mol. The summed E-state index contributed by atoms with van der Waals surface area (Å²) in [6.07, 6.45) is 1.84. The molecule has 1 atom stereocenters. The zero-order valence-corrected chi connectivity index (χ0v) is 16.0. The summed E-state index contributed by atoms with van der Waals surface area (Å²) in [5.74, 6) is 0. The fourth-order valence-electron chi connectivity index (χ4n) is 2.21. The van der Waals surface area contributed by atoms with Crippen molar-refractivity contribution in [1.82, 2.24) is 15.1 Å². The predicted octanol–water partition coefficient (Wildman–Crippen LogP) is 4.79. The van der Waals surface area contributed by atoms with E-state index >= 15 is 0 Å². The Morgan fingerprint density at radius 1 is 1.40 bits per heavy atom. The first-order valence-corrected chi connectivity index (χ1v) is 8.55.